The highest BCUT2D eigenvalue weighted by atomic mass is 16.6. The highest BCUT2D eigenvalue weighted by molar-refractivity contribution is 4.72. The minimum atomic E-state index is -0.334. The third-order valence-corrected chi connectivity index (χ3v) is 1.94. The Morgan fingerprint density at radius 1 is 1.73 bits per heavy atom. The van der Waals surface area contributed by atoms with Crippen molar-refractivity contribution in [3.05, 3.63) is 10.1 Å². The van der Waals surface area contributed by atoms with Crippen LogP contribution in [0.3, 0.4) is 0 Å². The number of rotatable bonds is 3. The molecule has 64 valence electrons. The monoisotopic (exact) mass is 160 g/mol. The SMILES string of the molecule is O=[N+]([O-])CN1CCC(CO)C1. The lowest BCUT2D eigenvalue weighted by molar-refractivity contribution is -0.503. The molecule has 5 heteroatoms. The van der Waals surface area contributed by atoms with Crippen molar-refractivity contribution in [2.45, 2.75) is 6.42 Å². The van der Waals surface area contributed by atoms with Crippen LogP contribution < -0.4 is 0 Å². The molecular formula is C6H12N2O3. The number of nitrogens with zero attached hydrogens (tertiary/aromatic N) is 2. The number of aliphatic hydroxyl groups is 1. The van der Waals surface area contributed by atoms with Crippen LogP contribution in [-0.4, -0.2) is 41.3 Å². The zero-order chi connectivity index (χ0) is 8.27. The molecule has 1 unspecified atom stereocenters. The predicted octanol–water partition coefficient (Wildman–Crippen LogP) is -0.465. The molecule has 0 aromatic rings. The lowest BCUT2D eigenvalue weighted by Crippen LogP contribution is -2.27. The Bertz CT molecular complexity index is 151. The quantitative estimate of drug-likeness (QED) is 0.448. The Morgan fingerprint density at radius 3 is 2.91 bits per heavy atom. The van der Waals surface area contributed by atoms with Gasteiger partial charge in [0.1, 0.15) is 0 Å². The molecule has 5 nitrogen and oxygen atoms in total. The summed E-state index contributed by atoms with van der Waals surface area (Å²) in [6.45, 7) is 1.47. The largest absolute Gasteiger partial charge is 0.396 e. The van der Waals surface area contributed by atoms with Crippen molar-refractivity contribution >= 4 is 0 Å². The molecule has 1 atom stereocenters. The minimum Gasteiger partial charge on any atom is -0.396 e. The van der Waals surface area contributed by atoms with Gasteiger partial charge in [0.15, 0.2) is 0 Å². The molecule has 1 fully saturated rings. The first-order chi connectivity index (χ1) is 5.22. The summed E-state index contributed by atoms with van der Waals surface area (Å²) >= 11 is 0. The zero-order valence-corrected chi connectivity index (χ0v) is 6.27. The lowest BCUT2D eigenvalue weighted by Gasteiger charge is -2.08. The van der Waals surface area contributed by atoms with Crippen LogP contribution in [0.4, 0.5) is 0 Å². The van der Waals surface area contributed by atoms with Gasteiger partial charge in [0.05, 0.1) is 0 Å². The van der Waals surface area contributed by atoms with Gasteiger partial charge in [0.25, 0.3) is 6.67 Å². The van der Waals surface area contributed by atoms with Gasteiger partial charge in [0.2, 0.25) is 0 Å². The molecule has 1 aliphatic rings. The van der Waals surface area contributed by atoms with E-state index in [4.69, 9.17) is 5.11 Å². The fraction of sp³-hybridized carbons (Fsp3) is 1.00. The number of hydrogen-bond donors (Lipinski definition) is 1. The standard InChI is InChI=1S/C6H12N2O3/c9-4-6-1-2-7(3-6)5-8(10)11/h6,9H,1-5H2. The Hall–Kier alpha value is -0.680. The van der Waals surface area contributed by atoms with Crippen LogP contribution in [0.5, 0.6) is 0 Å². The van der Waals surface area contributed by atoms with E-state index < -0.39 is 0 Å². The molecule has 11 heavy (non-hydrogen) atoms. The highest BCUT2D eigenvalue weighted by Gasteiger charge is 2.24. The van der Waals surface area contributed by atoms with Crippen LogP contribution in [0, 0.1) is 16.0 Å². The van der Waals surface area contributed by atoms with Gasteiger partial charge in [-0.1, -0.05) is 0 Å². The van der Waals surface area contributed by atoms with Gasteiger partial charge in [-0.3, -0.25) is 10.1 Å². The summed E-state index contributed by atoms with van der Waals surface area (Å²) in [5, 5.41) is 18.8. The van der Waals surface area contributed by atoms with E-state index in [-0.39, 0.29) is 24.1 Å². The van der Waals surface area contributed by atoms with Crippen molar-refractivity contribution in [3.63, 3.8) is 0 Å². The first-order valence-electron chi connectivity index (χ1n) is 3.67. The van der Waals surface area contributed by atoms with Gasteiger partial charge in [-0.05, 0) is 12.3 Å². The second-order valence-corrected chi connectivity index (χ2v) is 2.89. The summed E-state index contributed by atoms with van der Waals surface area (Å²) in [4.78, 5) is 11.5. The first kappa shape index (κ1) is 8.42. The predicted molar refractivity (Wildman–Crippen MR) is 38.6 cm³/mol. The maximum Gasteiger partial charge on any atom is 0.259 e. The van der Waals surface area contributed by atoms with Crippen LogP contribution in [0.15, 0.2) is 0 Å². The molecule has 0 spiro atoms. The maximum absolute atomic E-state index is 10.1. The average Bonchev–Trinajstić information content (AvgIpc) is 2.34. The summed E-state index contributed by atoms with van der Waals surface area (Å²) in [6, 6.07) is 0. The zero-order valence-electron chi connectivity index (χ0n) is 6.27. The van der Waals surface area contributed by atoms with Crippen molar-refractivity contribution in [1.29, 1.82) is 0 Å². The molecule has 1 rings (SSSR count). The normalized spacial score (nSPS) is 25.7. The van der Waals surface area contributed by atoms with Gasteiger partial charge in [0, 0.05) is 24.6 Å². The number of likely N-dealkylation sites (tertiary alicyclic amines) is 1. The summed E-state index contributed by atoms with van der Waals surface area (Å²) in [7, 11) is 0. The number of hydrogen-bond acceptors (Lipinski definition) is 4. The molecule has 1 N–H and O–H groups in total. The smallest absolute Gasteiger partial charge is 0.259 e. The van der Waals surface area contributed by atoms with Gasteiger partial charge in [-0.2, -0.15) is 0 Å². The minimum absolute atomic E-state index is 0.0868. The van der Waals surface area contributed by atoms with E-state index in [2.05, 4.69) is 0 Å². The molecule has 0 aromatic carbocycles. The van der Waals surface area contributed by atoms with E-state index in [0.717, 1.165) is 13.0 Å². The highest BCUT2D eigenvalue weighted by Crippen LogP contribution is 2.14. The molecule has 1 heterocycles. The summed E-state index contributed by atoms with van der Waals surface area (Å²) < 4.78 is 0. The molecule has 0 aliphatic carbocycles. The molecule has 0 radical (unpaired) electrons. The van der Waals surface area contributed by atoms with E-state index >= 15 is 0 Å². The average molecular weight is 160 g/mol. The van der Waals surface area contributed by atoms with Crippen LogP contribution in [-0.2, 0) is 0 Å². The molecular weight excluding hydrogens is 148 g/mol. The van der Waals surface area contributed by atoms with Crippen molar-refractivity contribution in [2.75, 3.05) is 26.4 Å². The van der Waals surface area contributed by atoms with Crippen molar-refractivity contribution < 1.29 is 10.0 Å². The molecule has 0 saturated carbocycles. The summed E-state index contributed by atoms with van der Waals surface area (Å²) in [5.74, 6) is 0.245. The second kappa shape index (κ2) is 3.64. The van der Waals surface area contributed by atoms with Crippen LogP contribution in [0.25, 0.3) is 0 Å². The van der Waals surface area contributed by atoms with Gasteiger partial charge in [-0.15, -0.1) is 0 Å². The van der Waals surface area contributed by atoms with Gasteiger partial charge < -0.3 is 5.11 Å². The van der Waals surface area contributed by atoms with E-state index in [1.807, 2.05) is 0 Å². The third kappa shape index (κ3) is 2.44. The third-order valence-electron chi connectivity index (χ3n) is 1.94. The Labute approximate surface area is 64.8 Å². The van der Waals surface area contributed by atoms with E-state index in [9.17, 15) is 10.1 Å². The molecule has 0 amide bonds. The van der Waals surface area contributed by atoms with Crippen LogP contribution >= 0.6 is 0 Å². The van der Waals surface area contributed by atoms with E-state index in [1.54, 1.807) is 4.90 Å². The Kier molecular flexibility index (Phi) is 2.78. The van der Waals surface area contributed by atoms with Crippen molar-refractivity contribution in [3.8, 4) is 0 Å². The topological polar surface area (TPSA) is 66.6 Å². The molecule has 0 bridgehead atoms. The van der Waals surface area contributed by atoms with Gasteiger partial charge in [-0.25, -0.2) is 4.90 Å². The Balaban J connectivity index is 2.24. The molecule has 0 aromatic heterocycles. The fourth-order valence-electron chi connectivity index (χ4n) is 1.35. The summed E-state index contributed by atoms with van der Waals surface area (Å²) in [6.07, 6.45) is 0.879. The second-order valence-electron chi connectivity index (χ2n) is 2.89. The van der Waals surface area contributed by atoms with Crippen LogP contribution in [0.2, 0.25) is 0 Å². The summed E-state index contributed by atoms with van der Waals surface area (Å²) in [5.41, 5.74) is 0. The van der Waals surface area contributed by atoms with Gasteiger partial charge >= 0.3 is 0 Å². The lowest BCUT2D eigenvalue weighted by atomic mass is 10.1. The van der Waals surface area contributed by atoms with Crippen LogP contribution in [0.1, 0.15) is 6.42 Å². The van der Waals surface area contributed by atoms with E-state index in [0.29, 0.717) is 6.54 Å². The maximum atomic E-state index is 10.1. The van der Waals surface area contributed by atoms with E-state index in [1.165, 1.54) is 0 Å². The Morgan fingerprint density at radius 2 is 2.45 bits per heavy atom. The van der Waals surface area contributed by atoms with Crippen molar-refractivity contribution in [1.82, 2.24) is 4.90 Å². The first-order valence-corrected chi connectivity index (χ1v) is 3.67. The number of nitro groups is 1. The fourth-order valence-corrected chi connectivity index (χ4v) is 1.35. The van der Waals surface area contributed by atoms with Crippen molar-refractivity contribution in [2.24, 2.45) is 5.92 Å². The molecule has 1 aliphatic heterocycles. The number of aliphatic hydroxyl groups excluding tert-OH is 1. The molecule has 1 saturated heterocycles.